The molecule has 3 rings (SSSR count). The van der Waals surface area contributed by atoms with E-state index in [1.807, 2.05) is 49.4 Å². The zero-order chi connectivity index (χ0) is 17.1. The maximum atomic E-state index is 12.7. The van der Waals surface area contributed by atoms with Gasteiger partial charge in [-0.25, -0.2) is 4.98 Å². The molecule has 2 aromatic carbocycles. The summed E-state index contributed by atoms with van der Waals surface area (Å²) in [5.41, 5.74) is 4.23. The van der Waals surface area contributed by atoms with Crippen molar-refractivity contribution in [3.05, 3.63) is 86.9 Å². The second-order valence-electron chi connectivity index (χ2n) is 5.59. The Morgan fingerprint density at radius 1 is 1.08 bits per heavy atom. The standard InChI is InChI=1S/C19H17ClN2OS/c1-13-3-8-17(11-14(13)2)22-10-9-21-18(19(22)23)24-12-15-4-6-16(20)7-5-15/h3-11H,12H2,1-2H3. The largest absolute Gasteiger partial charge is 0.287 e. The average molecular weight is 357 g/mol. The molecule has 0 fully saturated rings. The van der Waals surface area contributed by atoms with Crippen molar-refractivity contribution in [2.24, 2.45) is 0 Å². The van der Waals surface area contributed by atoms with E-state index in [0.717, 1.165) is 16.8 Å². The van der Waals surface area contributed by atoms with Gasteiger partial charge in [-0.3, -0.25) is 9.36 Å². The number of aryl methyl sites for hydroxylation is 2. The zero-order valence-electron chi connectivity index (χ0n) is 13.5. The molecule has 122 valence electrons. The van der Waals surface area contributed by atoms with Crippen LogP contribution in [0, 0.1) is 13.8 Å². The van der Waals surface area contributed by atoms with Gasteiger partial charge in [0.1, 0.15) is 0 Å². The second-order valence-corrected chi connectivity index (χ2v) is 6.99. The maximum Gasteiger partial charge on any atom is 0.287 e. The zero-order valence-corrected chi connectivity index (χ0v) is 15.1. The minimum atomic E-state index is -0.0975. The van der Waals surface area contributed by atoms with Crippen LogP contribution in [0.2, 0.25) is 5.02 Å². The molecule has 3 aromatic rings. The molecule has 3 nitrogen and oxygen atoms in total. The van der Waals surface area contributed by atoms with Crippen LogP contribution in [0.3, 0.4) is 0 Å². The van der Waals surface area contributed by atoms with Crippen LogP contribution in [0.5, 0.6) is 0 Å². The summed E-state index contributed by atoms with van der Waals surface area (Å²) < 4.78 is 1.64. The van der Waals surface area contributed by atoms with Gasteiger partial charge in [0.25, 0.3) is 5.56 Å². The number of hydrogen-bond donors (Lipinski definition) is 0. The van der Waals surface area contributed by atoms with Crippen LogP contribution in [-0.4, -0.2) is 9.55 Å². The molecule has 1 heterocycles. The Balaban J connectivity index is 1.86. The van der Waals surface area contributed by atoms with Crippen LogP contribution in [-0.2, 0) is 5.75 Å². The van der Waals surface area contributed by atoms with Gasteiger partial charge in [0.05, 0.1) is 0 Å². The summed E-state index contributed by atoms with van der Waals surface area (Å²) in [7, 11) is 0. The van der Waals surface area contributed by atoms with E-state index in [2.05, 4.69) is 11.9 Å². The van der Waals surface area contributed by atoms with Crippen molar-refractivity contribution in [3.63, 3.8) is 0 Å². The molecule has 0 spiro atoms. The number of nitrogens with zero attached hydrogens (tertiary/aromatic N) is 2. The summed E-state index contributed by atoms with van der Waals surface area (Å²) in [5, 5.41) is 1.20. The fourth-order valence-corrected chi connectivity index (χ4v) is 3.28. The first-order chi connectivity index (χ1) is 11.5. The van der Waals surface area contributed by atoms with Crippen LogP contribution < -0.4 is 5.56 Å². The molecule has 0 atom stereocenters. The highest BCUT2D eigenvalue weighted by molar-refractivity contribution is 7.98. The van der Waals surface area contributed by atoms with Gasteiger partial charge in [0.15, 0.2) is 5.03 Å². The lowest BCUT2D eigenvalue weighted by atomic mass is 10.1. The van der Waals surface area contributed by atoms with Crippen molar-refractivity contribution in [2.75, 3.05) is 0 Å². The van der Waals surface area contributed by atoms with Gasteiger partial charge in [0.2, 0.25) is 0 Å². The third kappa shape index (κ3) is 3.71. The number of thioether (sulfide) groups is 1. The fourth-order valence-electron chi connectivity index (χ4n) is 2.30. The Kier molecular flexibility index (Phi) is 5.07. The molecule has 5 heteroatoms. The topological polar surface area (TPSA) is 34.9 Å². The molecule has 1 aromatic heterocycles. The molecule has 0 N–H and O–H groups in total. The van der Waals surface area contributed by atoms with Gasteiger partial charge in [0, 0.05) is 28.9 Å². The molecule has 24 heavy (non-hydrogen) atoms. The first kappa shape index (κ1) is 16.8. The Bertz CT molecular complexity index is 919. The number of halogens is 1. The van der Waals surface area contributed by atoms with E-state index in [-0.39, 0.29) is 5.56 Å². The molecule has 0 bridgehead atoms. The second kappa shape index (κ2) is 7.24. The summed E-state index contributed by atoms with van der Waals surface area (Å²) in [6.45, 7) is 4.10. The quantitative estimate of drug-likeness (QED) is 0.630. The van der Waals surface area contributed by atoms with E-state index in [0.29, 0.717) is 15.8 Å². The lowest BCUT2D eigenvalue weighted by Gasteiger charge is -2.09. The Morgan fingerprint density at radius 2 is 1.83 bits per heavy atom. The van der Waals surface area contributed by atoms with Crippen molar-refractivity contribution in [3.8, 4) is 5.69 Å². The highest BCUT2D eigenvalue weighted by Gasteiger charge is 2.08. The summed E-state index contributed by atoms with van der Waals surface area (Å²) in [5.74, 6) is 0.677. The predicted molar refractivity (Wildman–Crippen MR) is 100 cm³/mol. The maximum absolute atomic E-state index is 12.7. The highest BCUT2D eigenvalue weighted by atomic mass is 35.5. The van der Waals surface area contributed by atoms with Gasteiger partial charge >= 0.3 is 0 Å². The molecule has 0 aliphatic heterocycles. The predicted octanol–water partition coefficient (Wildman–Crippen LogP) is 4.80. The van der Waals surface area contributed by atoms with Crippen molar-refractivity contribution in [1.29, 1.82) is 0 Å². The molecule has 0 unspecified atom stereocenters. The number of hydrogen-bond acceptors (Lipinski definition) is 3. The van der Waals surface area contributed by atoms with E-state index < -0.39 is 0 Å². The minimum absolute atomic E-state index is 0.0975. The normalized spacial score (nSPS) is 10.8. The van der Waals surface area contributed by atoms with Gasteiger partial charge in [-0.2, -0.15) is 0 Å². The first-order valence-electron chi connectivity index (χ1n) is 7.57. The summed E-state index contributed by atoms with van der Waals surface area (Å²) in [6, 6.07) is 13.6. The van der Waals surface area contributed by atoms with Crippen molar-refractivity contribution in [2.45, 2.75) is 24.6 Å². The fraction of sp³-hybridized carbons (Fsp3) is 0.158. The third-order valence-corrected chi connectivity index (χ3v) is 5.15. The van der Waals surface area contributed by atoms with E-state index in [1.165, 1.54) is 17.3 Å². The number of rotatable bonds is 4. The molecule has 0 saturated carbocycles. The van der Waals surface area contributed by atoms with Gasteiger partial charge in [-0.1, -0.05) is 41.6 Å². The lowest BCUT2D eigenvalue weighted by molar-refractivity contribution is 0.881. The van der Waals surface area contributed by atoms with E-state index in [9.17, 15) is 4.79 Å². The lowest BCUT2D eigenvalue weighted by Crippen LogP contribution is -2.20. The van der Waals surface area contributed by atoms with Crippen LogP contribution in [0.1, 0.15) is 16.7 Å². The van der Waals surface area contributed by atoms with E-state index in [1.54, 1.807) is 17.0 Å². The Morgan fingerprint density at radius 3 is 2.54 bits per heavy atom. The minimum Gasteiger partial charge on any atom is -0.280 e. The van der Waals surface area contributed by atoms with Crippen LogP contribution >= 0.6 is 23.4 Å². The molecule has 0 radical (unpaired) electrons. The van der Waals surface area contributed by atoms with Crippen molar-refractivity contribution >= 4 is 23.4 Å². The summed E-state index contributed by atoms with van der Waals surface area (Å²) >= 11 is 7.33. The highest BCUT2D eigenvalue weighted by Crippen LogP contribution is 2.20. The van der Waals surface area contributed by atoms with Crippen LogP contribution in [0.25, 0.3) is 5.69 Å². The smallest absolute Gasteiger partial charge is 0.280 e. The molecular weight excluding hydrogens is 340 g/mol. The SMILES string of the molecule is Cc1ccc(-n2ccnc(SCc3ccc(Cl)cc3)c2=O)cc1C. The van der Waals surface area contributed by atoms with Gasteiger partial charge in [-0.05, 0) is 54.8 Å². The summed E-state index contributed by atoms with van der Waals surface area (Å²) in [4.78, 5) is 16.9. The average Bonchev–Trinajstić information content (AvgIpc) is 2.58. The molecule has 0 aliphatic rings. The van der Waals surface area contributed by atoms with Gasteiger partial charge in [-0.15, -0.1) is 0 Å². The molecule has 0 saturated heterocycles. The third-order valence-electron chi connectivity index (χ3n) is 3.87. The molecule has 0 aliphatic carbocycles. The van der Waals surface area contributed by atoms with Crippen LogP contribution in [0.4, 0.5) is 0 Å². The van der Waals surface area contributed by atoms with Crippen molar-refractivity contribution < 1.29 is 0 Å². The monoisotopic (exact) mass is 356 g/mol. The molecule has 0 amide bonds. The number of benzene rings is 2. The van der Waals surface area contributed by atoms with E-state index >= 15 is 0 Å². The van der Waals surface area contributed by atoms with E-state index in [4.69, 9.17) is 11.6 Å². The van der Waals surface area contributed by atoms with Crippen molar-refractivity contribution in [1.82, 2.24) is 9.55 Å². The first-order valence-corrected chi connectivity index (χ1v) is 8.93. The Hall–Kier alpha value is -2.04. The van der Waals surface area contributed by atoms with Gasteiger partial charge < -0.3 is 0 Å². The van der Waals surface area contributed by atoms with Crippen LogP contribution in [0.15, 0.2) is 64.7 Å². The molecular formula is C19H17ClN2OS. The number of aromatic nitrogens is 2. The Labute approximate surface area is 150 Å². The summed E-state index contributed by atoms with van der Waals surface area (Å²) in [6.07, 6.45) is 3.37.